The molecule has 7 heteroatoms. The number of carbonyl (C=O) groups excluding carboxylic acids is 1. The molecule has 0 aliphatic carbocycles. The van der Waals surface area contributed by atoms with Crippen molar-refractivity contribution in [2.45, 2.75) is 19.4 Å². The average molecular weight is 261 g/mol. The number of H-pyrrole nitrogens is 1. The summed E-state index contributed by atoms with van der Waals surface area (Å²) >= 11 is 0. The SMILES string of the molecule is Cc1cn2nc(C(=O)N3CC[C@H](N)C3)cc2c(=O)[nH]1. The van der Waals surface area contributed by atoms with Crippen LogP contribution >= 0.6 is 0 Å². The highest BCUT2D eigenvalue weighted by Crippen LogP contribution is 2.12. The minimum atomic E-state index is -0.246. The Labute approximate surface area is 109 Å². The van der Waals surface area contributed by atoms with E-state index in [4.69, 9.17) is 5.73 Å². The summed E-state index contributed by atoms with van der Waals surface area (Å²) in [5.74, 6) is -0.172. The lowest BCUT2D eigenvalue weighted by Crippen LogP contribution is -2.32. The van der Waals surface area contributed by atoms with Gasteiger partial charge in [-0.25, -0.2) is 4.52 Å². The van der Waals surface area contributed by atoms with Gasteiger partial charge < -0.3 is 15.6 Å². The van der Waals surface area contributed by atoms with Crippen LogP contribution in [-0.2, 0) is 0 Å². The molecule has 1 fully saturated rings. The topological polar surface area (TPSA) is 96.5 Å². The Morgan fingerprint density at radius 2 is 2.37 bits per heavy atom. The minimum Gasteiger partial charge on any atom is -0.336 e. The summed E-state index contributed by atoms with van der Waals surface area (Å²) in [6.45, 7) is 2.95. The van der Waals surface area contributed by atoms with E-state index in [9.17, 15) is 9.59 Å². The van der Waals surface area contributed by atoms with Crippen molar-refractivity contribution in [1.82, 2.24) is 19.5 Å². The molecule has 7 nitrogen and oxygen atoms in total. The van der Waals surface area contributed by atoms with Crippen molar-refractivity contribution in [2.75, 3.05) is 13.1 Å². The molecule has 3 rings (SSSR count). The van der Waals surface area contributed by atoms with E-state index in [2.05, 4.69) is 10.1 Å². The van der Waals surface area contributed by atoms with Gasteiger partial charge in [0, 0.05) is 37.1 Å². The molecule has 1 saturated heterocycles. The number of likely N-dealkylation sites (tertiary alicyclic amines) is 1. The van der Waals surface area contributed by atoms with Gasteiger partial charge in [0.05, 0.1) is 0 Å². The average Bonchev–Trinajstić information content (AvgIpc) is 2.94. The fourth-order valence-corrected chi connectivity index (χ4v) is 2.36. The van der Waals surface area contributed by atoms with Crippen molar-refractivity contribution in [1.29, 1.82) is 0 Å². The van der Waals surface area contributed by atoms with Crippen LogP contribution in [0.25, 0.3) is 5.52 Å². The fraction of sp³-hybridized carbons (Fsp3) is 0.417. The van der Waals surface area contributed by atoms with Crippen LogP contribution in [0.1, 0.15) is 22.6 Å². The molecule has 1 aliphatic rings. The Bertz CT molecular complexity index is 702. The number of hydrogen-bond acceptors (Lipinski definition) is 4. The number of hydrogen-bond donors (Lipinski definition) is 2. The van der Waals surface area contributed by atoms with Gasteiger partial charge in [0.2, 0.25) is 0 Å². The molecule has 2 aromatic heterocycles. The third-order valence-corrected chi connectivity index (χ3v) is 3.33. The number of rotatable bonds is 1. The van der Waals surface area contributed by atoms with Crippen LogP contribution in [0, 0.1) is 6.92 Å². The third kappa shape index (κ3) is 2.01. The summed E-state index contributed by atoms with van der Waals surface area (Å²) < 4.78 is 1.44. The van der Waals surface area contributed by atoms with Crippen LogP contribution in [0.15, 0.2) is 17.1 Å². The first kappa shape index (κ1) is 11.9. The molecule has 0 bridgehead atoms. The van der Waals surface area contributed by atoms with Crippen molar-refractivity contribution >= 4 is 11.4 Å². The maximum atomic E-state index is 12.2. The number of aromatic nitrogens is 3. The summed E-state index contributed by atoms with van der Waals surface area (Å²) in [6, 6.07) is 1.55. The highest BCUT2D eigenvalue weighted by atomic mass is 16.2. The monoisotopic (exact) mass is 261 g/mol. The molecule has 1 atom stereocenters. The van der Waals surface area contributed by atoms with Crippen LogP contribution in [0.5, 0.6) is 0 Å². The van der Waals surface area contributed by atoms with Gasteiger partial charge in [-0.1, -0.05) is 0 Å². The molecular formula is C12H15N5O2. The van der Waals surface area contributed by atoms with E-state index in [-0.39, 0.29) is 23.2 Å². The van der Waals surface area contributed by atoms with Gasteiger partial charge in [-0.3, -0.25) is 9.59 Å². The molecule has 1 aliphatic heterocycles. The Kier molecular flexibility index (Phi) is 2.63. The predicted octanol–water partition coefficient (Wildman–Crippen LogP) is -0.496. The molecule has 2 aromatic rings. The Balaban J connectivity index is 1.99. The Hall–Kier alpha value is -2.15. The molecule has 0 saturated carbocycles. The second-order valence-corrected chi connectivity index (χ2v) is 4.93. The zero-order valence-corrected chi connectivity index (χ0v) is 10.6. The zero-order chi connectivity index (χ0) is 13.6. The van der Waals surface area contributed by atoms with Gasteiger partial charge in [-0.05, 0) is 13.3 Å². The van der Waals surface area contributed by atoms with Gasteiger partial charge >= 0.3 is 0 Å². The first-order valence-electron chi connectivity index (χ1n) is 6.19. The summed E-state index contributed by atoms with van der Waals surface area (Å²) in [5.41, 5.74) is 6.89. The Morgan fingerprint density at radius 3 is 3.05 bits per heavy atom. The van der Waals surface area contributed by atoms with Crippen molar-refractivity contribution in [3.63, 3.8) is 0 Å². The maximum Gasteiger partial charge on any atom is 0.274 e. The van der Waals surface area contributed by atoms with Gasteiger partial charge in [-0.2, -0.15) is 5.10 Å². The van der Waals surface area contributed by atoms with Crippen molar-refractivity contribution in [3.05, 3.63) is 34.0 Å². The van der Waals surface area contributed by atoms with Gasteiger partial charge in [0.15, 0.2) is 5.69 Å². The standard InChI is InChI=1S/C12H15N5O2/c1-7-5-17-10(11(18)14-7)4-9(15-17)12(19)16-3-2-8(13)6-16/h4-5,8H,2-3,6,13H2,1H3,(H,14,18)/t8-/m0/s1. The van der Waals surface area contributed by atoms with Crippen molar-refractivity contribution in [2.24, 2.45) is 5.73 Å². The summed E-state index contributed by atoms with van der Waals surface area (Å²) in [7, 11) is 0. The highest BCUT2D eigenvalue weighted by Gasteiger charge is 2.26. The third-order valence-electron chi connectivity index (χ3n) is 3.33. The van der Waals surface area contributed by atoms with Crippen molar-refractivity contribution < 1.29 is 4.79 Å². The number of nitrogens with two attached hydrogens (primary N) is 1. The van der Waals surface area contributed by atoms with E-state index >= 15 is 0 Å². The molecule has 100 valence electrons. The van der Waals surface area contributed by atoms with Crippen LogP contribution in [0.4, 0.5) is 0 Å². The van der Waals surface area contributed by atoms with Crippen LogP contribution in [0.3, 0.4) is 0 Å². The van der Waals surface area contributed by atoms with E-state index in [1.54, 1.807) is 18.0 Å². The molecule has 0 radical (unpaired) electrons. The lowest BCUT2D eigenvalue weighted by Gasteiger charge is -2.13. The normalized spacial score (nSPS) is 19.3. The van der Waals surface area contributed by atoms with E-state index in [0.717, 1.165) is 6.42 Å². The second kappa shape index (κ2) is 4.20. The summed E-state index contributed by atoms with van der Waals surface area (Å²) in [5, 5.41) is 4.17. The van der Waals surface area contributed by atoms with E-state index in [0.29, 0.717) is 24.3 Å². The summed E-state index contributed by atoms with van der Waals surface area (Å²) in [4.78, 5) is 28.3. The molecule has 3 N–H and O–H groups in total. The number of carbonyl (C=O) groups is 1. The molecular weight excluding hydrogens is 246 g/mol. The number of amides is 1. The fourth-order valence-electron chi connectivity index (χ4n) is 2.36. The van der Waals surface area contributed by atoms with E-state index in [1.807, 2.05) is 0 Å². The number of fused-ring (bicyclic) bond motifs is 1. The molecule has 0 unspecified atom stereocenters. The lowest BCUT2D eigenvalue weighted by molar-refractivity contribution is 0.0784. The number of aromatic amines is 1. The lowest BCUT2D eigenvalue weighted by atomic mass is 10.3. The minimum absolute atomic E-state index is 0.0339. The molecule has 0 spiro atoms. The maximum absolute atomic E-state index is 12.2. The molecule has 1 amide bonds. The smallest absolute Gasteiger partial charge is 0.274 e. The van der Waals surface area contributed by atoms with Crippen molar-refractivity contribution in [3.8, 4) is 0 Å². The van der Waals surface area contributed by atoms with Gasteiger partial charge in [0.25, 0.3) is 11.5 Å². The van der Waals surface area contributed by atoms with Crippen LogP contribution < -0.4 is 11.3 Å². The van der Waals surface area contributed by atoms with Crippen LogP contribution in [0.2, 0.25) is 0 Å². The predicted molar refractivity (Wildman–Crippen MR) is 69.0 cm³/mol. The van der Waals surface area contributed by atoms with Gasteiger partial charge in [-0.15, -0.1) is 0 Å². The first-order valence-corrected chi connectivity index (χ1v) is 6.19. The second-order valence-electron chi connectivity index (χ2n) is 4.93. The quantitative estimate of drug-likeness (QED) is 0.723. The number of nitrogens with one attached hydrogen (secondary N) is 1. The van der Waals surface area contributed by atoms with E-state index < -0.39 is 0 Å². The largest absolute Gasteiger partial charge is 0.336 e. The first-order chi connectivity index (χ1) is 9.04. The van der Waals surface area contributed by atoms with Gasteiger partial charge in [0.1, 0.15) is 5.52 Å². The Morgan fingerprint density at radius 1 is 1.58 bits per heavy atom. The highest BCUT2D eigenvalue weighted by molar-refractivity contribution is 5.93. The summed E-state index contributed by atoms with van der Waals surface area (Å²) in [6.07, 6.45) is 2.49. The van der Waals surface area contributed by atoms with E-state index in [1.165, 1.54) is 10.6 Å². The van der Waals surface area contributed by atoms with Crippen LogP contribution in [-0.4, -0.2) is 44.5 Å². The number of nitrogens with zero attached hydrogens (tertiary/aromatic N) is 3. The zero-order valence-electron chi connectivity index (χ0n) is 10.6. The molecule has 3 heterocycles. The molecule has 19 heavy (non-hydrogen) atoms. The number of aryl methyl sites for hydroxylation is 1. The molecule has 0 aromatic carbocycles.